The summed E-state index contributed by atoms with van der Waals surface area (Å²) in [7, 11) is -3.98. The molecule has 2 aliphatic rings. The summed E-state index contributed by atoms with van der Waals surface area (Å²) in [4.78, 5) is 12.3. The zero-order valence-corrected chi connectivity index (χ0v) is 14.8. The molecule has 132 valence electrons. The van der Waals surface area contributed by atoms with Gasteiger partial charge in [0.05, 0.1) is 0 Å². The van der Waals surface area contributed by atoms with Gasteiger partial charge in [0.1, 0.15) is 0 Å². The summed E-state index contributed by atoms with van der Waals surface area (Å²) in [5.41, 5.74) is 5.64. The van der Waals surface area contributed by atoms with Crippen molar-refractivity contribution in [1.29, 1.82) is 0 Å². The Morgan fingerprint density at radius 1 is 1.20 bits per heavy atom. The number of fused-ring (bicyclic) bond motifs is 2. The van der Waals surface area contributed by atoms with E-state index < -0.39 is 16.1 Å². The number of nitrogens with zero attached hydrogens (tertiary/aromatic N) is 2. The number of nitrogens with one attached hydrogen (secondary N) is 2. The van der Waals surface area contributed by atoms with Gasteiger partial charge in [-0.05, 0) is 67.3 Å². The molecule has 25 heavy (non-hydrogen) atoms. The molecular weight excluding hydrogens is 340 g/mol. The fourth-order valence-corrected chi connectivity index (χ4v) is 4.42. The Bertz CT molecular complexity index is 963. The van der Waals surface area contributed by atoms with Gasteiger partial charge in [-0.25, -0.2) is 9.52 Å². The summed E-state index contributed by atoms with van der Waals surface area (Å²) in [5.74, 6) is 0. The Morgan fingerprint density at radius 2 is 1.96 bits per heavy atom. The van der Waals surface area contributed by atoms with Crippen LogP contribution >= 0.6 is 0 Å². The minimum absolute atomic E-state index is 0.157. The number of aromatic nitrogens is 2. The van der Waals surface area contributed by atoms with E-state index in [1.807, 2.05) is 6.92 Å². The highest BCUT2D eigenvalue weighted by molar-refractivity contribution is 7.90. The smallest absolute Gasteiger partial charge is 0.307 e. The fraction of sp³-hybridized carbons (Fsp3) is 0.412. The van der Waals surface area contributed by atoms with Crippen LogP contribution in [0.2, 0.25) is 0 Å². The van der Waals surface area contributed by atoms with Gasteiger partial charge < -0.3 is 5.32 Å². The fourth-order valence-electron chi connectivity index (χ4n) is 3.57. The van der Waals surface area contributed by atoms with Crippen LogP contribution in [0.15, 0.2) is 23.4 Å². The van der Waals surface area contributed by atoms with Crippen LogP contribution in [0.4, 0.5) is 10.5 Å². The van der Waals surface area contributed by atoms with Gasteiger partial charge in [0, 0.05) is 18.4 Å². The lowest BCUT2D eigenvalue weighted by molar-refractivity contribution is 0.256. The molecule has 0 radical (unpaired) electrons. The Kier molecular flexibility index (Phi) is 3.79. The van der Waals surface area contributed by atoms with E-state index in [1.165, 1.54) is 21.9 Å². The maximum Gasteiger partial charge on any atom is 0.333 e. The van der Waals surface area contributed by atoms with Gasteiger partial charge in [-0.15, -0.1) is 0 Å². The van der Waals surface area contributed by atoms with Crippen LogP contribution in [-0.2, 0) is 42.3 Å². The third kappa shape index (κ3) is 2.80. The first-order valence-electron chi connectivity index (χ1n) is 8.51. The maximum absolute atomic E-state index is 12.3. The molecule has 0 unspecified atom stereocenters. The first-order chi connectivity index (χ1) is 12.0. The van der Waals surface area contributed by atoms with E-state index in [9.17, 15) is 13.2 Å². The molecule has 2 aliphatic carbocycles. The Morgan fingerprint density at radius 3 is 2.64 bits per heavy atom. The minimum atomic E-state index is -3.98. The monoisotopic (exact) mass is 360 g/mol. The molecule has 0 aliphatic heterocycles. The zero-order chi connectivity index (χ0) is 17.6. The molecule has 0 fully saturated rings. The highest BCUT2D eigenvalue weighted by Gasteiger charge is 2.28. The molecule has 0 spiro atoms. The van der Waals surface area contributed by atoms with E-state index >= 15 is 0 Å². The van der Waals surface area contributed by atoms with Crippen molar-refractivity contribution in [2.24, 2.45) is 0 Å². The number of rotatable bonds is 4. The Balaban J connectivity index is 1.56. The molecule has 2 N–H and O–H groups in total. The van der Waals surface area contributed by atoms with E-state index in [4.69, 9.17) is 0 Å². The van der Waals surface area contributed by atoms with Gasteiger partial charge in [0.15, 0.2) is 5.03 Å². The number of amides is 2. The van der Waals surface area contributed by atoms with Gasteiger partial charge in [-0.2, -0.15) is 13.5 Å². The molecule has 2 aromatic rings. The second kappa shape index (κ2) is 5.87. The highest BCUT2D eigenvalue weighted by atomic mass is 32.2. The number of urea groups is 1. The van der Waals surface area contributed by atoms with Gasteiger partial charge >= 0.3 is 6.03 Å². The number of carbonyl (C=O) groups excluding carboxylic acids is 1. The SMILES string of the molecule is CCn1ccc(S(=O)(=O)NC(=O)Nc2c3c(cc4c2CC4)CCC3)n1. The van der Waals surface area contributed by atoms with Crippen LogP contribution in [0, 0.1) is 0 Å². The molecule has 1 aromatic carbocycles. The van der Waals surface area contributed by atoms with Crippen LogP contribution in [0.25, 0.3) is 0 Å². The molecule has 0 bridgehead atoms. The number of sulfonamides is 1. The summed E-state index contributed by atoms with van der Waals surface area (Å²) < 4.78 is 28.2. The third-order valence-electron chi connectivity index (χ3n) is 4.93. The summed E-state index contributed by atoms with van der Waals surface area (Å²) in [6.45, 7) is 2.42. The minimum Gasteiger partial charge on any atom is -0.307 e. The molecular formula is C17H20N4O3S. The van der Waals surface area contributed by atoms with Crippen molar-refractivity contribution in [2.75, 3.05) is 5.32 Å². The molecule has 8 heteroatoms. The predicted octanol–water partition coefficient (Wildman–Crippen LogP) is 2.00. The van der Waals surface area contributed by atoms with Crippen molar-refractivity contribution in [3.63, 3.8) is 0 Å². The van der Waals surface area contributed by atoms with Gasteiger partial charge in [0.25, 0.3) is 10.0 Å². The van der Waals surface area contributed by atoms with Crippen LogP contribution in [0.3, 0.4) is 0 Å². The van der Waals surface area contributed by atoms with Crippen molar-refractivity contribution in [3.05, 3.63) is 40.6 Å². The average Bonchev–Trinajstić information content (AvgIpc) is 3.18. The second-order valence-corrected chi connectivity index (χ2v) is 8.08. The highest BCUT2D eigenvalue weighted by Crippen LogP contribution is 2.39. The Hall–Kier alpha value is -2.35. The molecule has 1 heterocycles. The summed E-state index contributed by atoms with van der Waals surface area (Å²) in [6.07, 6.45) is 6.52. The van der Waals surface area contributed by atoms with E-state index in [0.717, 1.165) is 48.9 Å². The van der Waals surface area contributed by atoms with Crippen molar-refractivity contribution in [2.45, 2.75) is 50.6 Å². The second-order valence-electron chi connectivity index (χ2n) is 6.45. The van der Waals surface area contributed by atoms with E-state index in [1.54, 1.807) is 6.20 Å². The van der Waals surface area contributed by atoms with Gasteiger partial charge in [0.2, 0.25) is 0 Å². The third-order valence-corrected chi connectivity index (χ3v) is 6.15. The molecule has 0 atom stereocenters. The van der Waals surface area contributed by atoms with E-state index in [-0.39, 0.29) is 5.03 Å². The van der Waals surface area contributed by atoms with Crippen LogP contribution < -0.4 is 10.0 Å². The normalized spacial score (nSPS) is 15.2. The topological polar surface area (TPSA) is 93.1 Å². The summed E-state index contributed by atoms with van der Waals surface area (Å²) in [5, 5.41) is 6.58. The quantitative estimate of drug-likeness (QED) is 0.872. The van der Waals surface area contributed by atoms with Gasteiger partial charge in [-0.3, -0.25) is 4.68 Å². The molecule has 1 aromatic heterocycles. The first kappa shape index (κ1) is 16.1. The lowest BCUT2D eigenvalue weighted by atomic mass is 9.83. The van der Waals surface area contributed by atoms with Crippen LogP contribution in [-0.4, -0.2) is 24.2 Å². The number of aryl methyl sites for hydroxylation is 3. The average molecular weight is 360 g/mol. The number of anilines is 1. The van der Waals surface area contributed by atoms with Crippen molar-refractivity contribution >= 4 is 21.7 Å². The standard InChI is InChI=1S/C17H20N4O3S/c1-2-21-9-8-15(19-21)25(23,24)20-17(22)18-16-13-5-3-4-11(13)10-12-6-7-14(12)16/h8-10H,2-7H2,1H3,(H2,18,20,22). The Labute approximate surface area is 146 Å². The van der Waals surface area contributed by atoms with Crippen molar-refractivity contribution in [1.82, 2.24) is 14.5 Å². The molecule has 7 nitrogen and oxygen atoms in total. The lowest BCUT2D eigenvalue weighted by Crippen LogP contribution is -2.35. The van der Waals surface area contributed by atoms with Crippen LogP contribution in [0.1, 0.15) is 35.6 Å². The van der Waals surface area contributed by atoms with Crippen molar-refractivity contribution < 1.29 is 13.2 Å². The largest absolute Gasteiger partial charge is 0.333 e. The zero-order valence-electron chi connectivity index (χ0n) is 14.0. The molecule has 0 saturated carbocycles. The van der Waals surface area contributed by atoms with E-state index in [0.29, 0.717) is 6.54 Å². The maximum atomic E-state index is 12.3. The van der Waals surface area contributed by atoms with E-state index in [2.05, 4.69) is 21.2 Å². The number of hydrogen-bond donors (Lipinski definition) is 2. The number of carbonyl (C=O) groups is 1. The molecule has 2 amide bonds. The van der Waals surface area contributed by atoms with Gasteiger partial charge in [-0.1, -0.05) is 6.07 Å². The first-order valence-corrected chi connectivity index (χ1v) is 10.00. The predicted molar refractivity (Wildman–Crippen MR) is 93.1 cm³/mol. The lowest BCUT2D eigenvalue weighted by Gasteiger charge is -2.26. The molecule has 4 rings (SSSR count). The summed E-state index contributed by atoms with van der Waals surface area (Å²) >= 11 is 0. The number of benzene rings is 1. The number of hydrogen-bond acceptors (Lipinski definition) is 4. The van der Waals surface area contributed by atoms with Crippen LogP contribution in [0.5, 0.6) is 0 Å². The van der Waals surface area contributed by atoms with Crippen molar-refractivity contribution in [3.8, 4) is 0 Å². The molecule has 0 saturated heterocycles. The summed E-state index contributed by atoms with van der Waals surface area (Å²) in [6, 6.07) is 2.88.